The molecule has 1 fully saturated rings. The number of alkyl halides is 1. The van der Waals surface area contributed by atoms with Crippen molar-refractivity contribution in [1.29, 1.82) is 0 Å². The summed E-state index contributed by atoms with van der Waals surface area (Å²) >= 11 is 9.45. The highest BCUT2D eigenvalue weighted by Gasteiger charge is 2.35. The van der Waals surface area contributed by atoms with Crippen molar-refractivity contribution in [2.45, 2.75) is 42.5 Å². The molecule has 0 saturated carbocycles. The third kappa shape index (κ3) is 4.00. The van der Waals surface area contributed by atoms with Crippen LogP contribution in [-0.2, 0) is 0 Å². The normalized spacial score (nSPS) is 24.8. The summed E-state index contributed by atoms with van der Waals surface area (Å²) in [4.78, 5) is 0. The number of thioether (sulfide) groups is 2. The summed E-state index contributed by atoms with van der Waals surface area (Å²) in [5.41, 5.74) is -1.11. The first-order chi connectivity index (χ1) is 7.12. The van der Waals surface area contributed by atoms with Gasteiger partial charge in [-0.15, -0.1) is 35.1 Å². The highest BCUT2D eigenvalue weighted by Crippen LogP contribution is 2.35. The fraction of sp³-hybridized carbons (Fsp3) is 1.00. The van der Waals surface area contributed by atoms with E-state index in [1.165, 1.54) is 6.42 Å². The van der Waals surface area contributed by atoms with Crippen LogP contribution < -0.4 is 0 Å². The van der Waals surface area contributed by atoms with Crippen LogP contribution in [0.2, 0.25) is 0 Å². The fourth-order valence-electron chi connectivity index (χ4n) is 1.49. The smallest absolute Gasteiger partial charge is 0.104 e. The van der Waals surface area contributed by atoms with Crippen molar-refractivity contribution in [3.8, 4) is 0 Å². The third-order valence-electron chi connectivity index (χ3n) is 2.78. The molecule has 0 aliphatic carbocycles. The summed E-state index contributed by atoms with van der Waals surface area (Å²) in [6.07, 6.45) is 1.67. The second-order valence-electron chi connectivity index (χ2n) is 3.87. The van der Waals surface area contributed by atoms with Crippen LogP contribution in [0.25, 0.3) is 0 Å². The SMILES string of the molecule is CC[C@](O)(CCl)[C@@H](O)CC1SCCCS1. The number of hydrogen-bond acceptors (Lipinski definition) is 4. The van der Waals surface area contributed by atoms with Gasteiger partial charge in [0.2, 0.25) is 0 Å². The third-order valence-corrected chi connectivity index (χ3v) is 6.23. The van der Waals surface area contributed by atoms with E-state index in [1.807, 2.05) is 30.4 Å². The summed E-state index contributed by atoms with van der Waals surface area (Å²) in [7, 11) is 0. The van der Waals surface area contributed by atoms with E-state index in [0.717, 1.165) is 11.5 Å². The van der Waals surface area contributed by atoms with E-state index in [1.54, 1.807) is 0 Å². The van der Waals surface area contributed by atoms with E-state index >= 15 is 0 Å². The van der Waals surface area contributed by atoms with Gasteiger partial charge in [-0.3, -0.25) is 0 Å². The summed E-state index contributed by atoms with van der Waals surface area (Å²) in [6, 6.07) is 0. The Balaban J connectivity index is 2.41. The van der Waals surface area contributed by atoms with Crippen molar-refractivity contribution in [1.82, 2.24) is 0 Å². The predicted molar refractivity (Wildman–Crippen MR) is 69.9 cm³/mol. The van der Waals surface area contributed by atoms with Crippen LogP contribution in [0.4, 0.5) is 0 Å². The molecule has 0 unspecified atom stereocenters. The Morgan fingerprint density at radius 1 is 1.47 bits per heavy atom. The number of rotatable bonds is 5. The van der Waals surface area contributed by atoms with E-state index in [0.29, 0.717) is 17.4 Å². The van der Waals surface area contributed by atoms with Crippen LogP contribution in [-0.4, -0.2) is 43.9 Å². The molecule has 0 aromatic rings. The second kappa shape index (κ2) is 6.60. The average Bonchev–Trinajstić information content (AvgIpc) is 2.29. The molecule has 0 spiro atoms. The average molecular weight is 271 g/mol. The van der Waals surface area contributed by atoms with Gasteiger partial charge in [-0.1, -0.05) is 6.92 Å². The largest absolute Gasteiger partial charge is 0.390 e. The Labute approximate surface area is 105 Å². The highest BCUT2D eigenvalue weighted by molar-refractivity contribution is 8.17. The van der Waals surface area contributed by atoms with Gasteiger partial charge in [0, 0.05) is 0 Å². The molecule has 2 atom stereocenters. The summed E-state index contributed by atoms with van der Waals surface area (Å²) in [6.45, 7) is 1.85. The van der Waals surface area contributed by atoms with Crippen LogP contribution in [0.5, 0.6) is 0 Å². The minimum atomic E-state index is -1.11. The van der Waals surface area contributed by atoms with E-state index in [2.05, 4.69) is 0 Å². The molecular formula is C10H19ClO2S2. The molecule has 90 valence electrons. The van der Waals surface area contributed by atoms with Gasteiger partial charge in [0.15, 0.2) is 0 Å². The Kier molecular flexibility index (Phi) is 6.15. The second-order valence-corrected chi connectivity index (χ2v) is 7.05. The maximum Gasteiger partial charge on any atom is 0.104 e. The topological polar surface area (TPSA) is 40.5 Å². The molecule has 1 saturated heterocycles. The lowest BCUT2D eigenvalue weighted by Gasteiger charge is -2.33. The van der Waals surface area contributed by atoms with Gasteiger partial charge in [0.1, 0.15) is 5.60 Å². The van der Waals surface area contributed by atoms with Crippen molar-refractivity contribution in [3.05, 3.63) is 0 Å². The highest BCUT2D eigenvalue weighted by atomic mass is 35.5. The number of aliphatic hydroxyl groups excluding tert-OH is 1. The predicted octanol–water partition coefficient (Wildman–Crippen LogP) is 2.31. The minimum absolute atomic E-state index is 0.104. The molecule has 0 aromatic carbocycles. The number of halogens is 1. The Morgan fingerprint density at radius 2 is 2.07 bits per heavy atom. The monoisotopic (exact) mass is 270 g/mol. The lowest BCUT2D eigenvalue weighted by molar-refractivity contribution is -0.0623. The van der Waals surface area contributed by atoms with Gasteiger partial charge in [0.25, 0.3) is 0 Å². The number of aliphatic hydroxyl groups is 2. The van der Waals surface area contributed by atoms with Crippen LogP contribution >= 0.6 is 35.1 Å². The quantitative estimate of drug-likeness (QED) is 0.753. The van der Waals surface area contributed by atoms with Crippen LogP contribution in [0.3, 0.4) is 0 Å². The molecule has 1 aliphatic heterocycles. The first kappa shape index (κ1) is 14.0. The molecule has 2 nitrogen and oxygen atoms in total. The van der Waals surface area contributed by atoms with Gasteiger partial charge in [-0.2, -0.15) is 0 Å². The van der Waals surface area contributed by atoms with Crippen LogP contribution in [0.15, 0.2) is 0 Å². The van der Waals surface area contributed by atoms with Crippen molar-refractivity contribution < 1.29 is 10.2 Å². The molecule has 1 heterocycles. The maximum absolute atomic E-state index is 10.0. The van der Waals surface area contributed by atoms with Gasteiger partial charge in [-0.25, -0.2) is 0 Å². The molecule has 0 amide bonds. The maximum atomic E-state index is 10.0. The molecule has 5 heteroatoms. The molecule has 0 radical (unpaired) electrons. The molecular weight excluding hydrogens is 252 g/mol. The summed E-state index contributed by atoms with van der Waals surface area (Å²) in [5, 5.41) is 20.0. The van der Waals surface area contributed by atoms with Crippen molar-refractivity contribution in [2.24, 2.45) is 0 Å². The molecule has 1 aliphatic rings. The van der Waals surface area contributed by atoms with E-state index in [4.69, 9.17) is 11.6 Å². The molecule has 1 rings (SSSR count). The standard InChI is InChI=1S/C10H19ClO2S2/c1-2-10(13,7-11)8(12)6-9-14-4-3-5-15-9/h8-9,12-13H,2-7H2,1H3/t8-,10-/m0/s1. The fourth-order valence-corrected chi connectivity index (χ4v) is 4.79. The van der Waals surface area contributed by atoms with Crippen molar-refractivity contribution in [2.75, 3.05) is 17.4 Å². The molecule has 0 aromatic heterocycles. The zero-order chi connectivity index (χ0) is 11.3. The Morgan fingerprint density at radius 3 is 2.53 bits per heavy atom. The van der Waals surface area contributed by atoms with Crippen molar-refractivity contribution >= 4 is 35.1 Å². The van der Waals surface area contributed by atoms with Gasteiger partial charge < -0.3 is 10.2 Å². The molecule has 0 bridgehead atoms. The van der Waals surface area contributed by atoms with E-state index in [9.17, 15) is 10.2 Å². The zero-order valence-corrected chi connectivity index (χ0v) is 11.4. The zero-order valence-electron chi connectivity index (χ0n) is 8.99. The summed E-state index contributed by atoms with van der Waals surface area (Å²) in [5.74, 6) is 2.43. The Bertz CT molecular complexity index is 182. The van der Waals surface area contributed by atoms with Crippen molar-refractivity contribution in [3.63, 3.8) is 0 Å². The van der Waals surface area contributed by atoms with E-state index in [-0.39, 0.29) is 5.88 Å². The Hall–Kier alpha value is 0.910. The lowest BCUT2D eigenvalue weighted by atomic mass is 9.94. The van der Waals surface area contributed by atoms with Gasteiger partial charge in [0.05, 0.1) is 16.6 Å². The lowest BCUT2D eigenvalue weighted by Crippen LogP contribution is -2.44. The van der Waals surface area contributed by atoms with Crippen LogP contribution in [0.1, 0.15) is 26.2 Å². The minimum Gasteiger partial charge on any atom is -0.390 e. The molecule has 15 heavy (non-hydrogen) atoms. The van der Waals surface area contributed by atoms with E-state index < -0.39 is 11.7 Å². The number of hydrogen-bond donors (Lipinski definition) is 2. The summed E-state index contributed by atoms with van der Waals surface area (Å²) < 4.78 is 0.412. The van der Waals surface area contributed by atoms with Gasteiger partial charge in [-0.05, 0) is 30.8 Å². The molecule has 2 N–H and O–H groups in total. The van der Waals surface area contributed by atoms with Gasteiger partial charge >= 0.3 is 0 Å². The van der Waals surface area contributed by atoms with Crippen LogP contribution in [0, 0.1) is 0 Å². The first-order valence-electron chi connectivity index (χ1n) is 5.32. The first-order valence-corrected chi connectivity index (χ1v) is 7.95.